The molecule has 0 N–H and O–H groups in total. The fourth-order valence-electron chi connectivity index (χ4n) is 2.62. The third kappa shape index (κ3) is 3.79. The summed E-state index contributed by atoms with van der Waals surface area (Å²) in [6, 6.07) is 12.0. The highest BCUT2D eigenvalue weighted by Crippen LogP contribution is 2.29. The van der Waals surface area contributed by atoms with Crippen LogP contribution >= 0.6 is 23.4 Å². The van der Waals surface area contributed by atoms with Gasteiger partial charge in [-0.25, -0.2) is 4.98 Å². The number of hydrogen-bond acceptors (Lipinski definition) is 6. The molecular weight excluding hydrogens is 388 g/mol. The van der Waals surface area contributed by atoms with Crippen LogP contribution in [0.4, 0.5) is 0 Å². The number of halogens is 1. The summed E-state index contributed by atoms with van der Waals surface area (Å²) in [6.45, 7) is 1.69. The third-order valence-corrected chi connectivity index (χ3v) is 5.21. The van der Waals surface area contributed by atoms with Crippen molar-refractivity contribution < 1.29 is 14.3 Å². The number of aromatic nitrogens is 2. The predicted molar refractivity (Wildman–Crippen MR) is 106 cm³/mol. The zero-order valence-corrected chi connectivity index (χ0v) is 16.5. The van der Waals surface area contributed by atoms with E-state index in [1.807, 2.05) is 6.07 Å². The lowest BCUT2D eigenvalue weighted by Crippen LogP contribution is -2.24. The van der Waals surface area contributed by atoms with Crippen LogP contribution in [0.15, 0.2) is 52.4 Å². The van der Waals surface area contributed by atoms with E-state index < -0.39 is 11.2 Å². The van der Waals surface area contributed by atoms with E-state index in [9.17, 15) is 9.59 Å². The van der Waals surface area contributed by atoms with Crippen molar-refractivity contribution >= 4 is 40.2 Å². The quantitative estimate of drug-likeness (QED) is 0.367. The van der Waals surface area contributed by atoms with Crippen LogP contribution in [-0.4, -0.2) is 35.0 Å². The summed E-state index contributed by atoms with van der Waals surface area (Å²) in [5, 5.41) is 0.679. The molecule has 3 rings (SSSR count). The zero-order valence-electron chi connectivity index (χ0n) is 14.9. The van der Waals surface area contributed by atoms with Gasteiger partial charge in [-0.2, -0.15) is 0 Å². The Bertz CT molecular complexity index is 1070. The molecule has 2 aromatic carbocycles. The van der Waals surface area contributed by atoms with E-state index in [1.165, 1.54) is 18.8 Å². The molecule has 0 aliphatic rings. The van der Waals surface area contributed by atoms with Crippen molar-refractivity contribution in [2.24, 2.45) is 0 Å². The zero-order chi connectivity index (χ0) is 19.6. The number of carbonyl (C=O) groups excluding carboxylic acids is 1. The predicted octanol–water partition coefficient (Wildman–Crippen LogP) is 3.70. The molecule has 0 aliphatic carbocycles. The van der Waals surface area contributed by atoms with Gasteiger partial charge in [0.1, 0.15) is 11.0 Å². The first-order chi connectivity index (χ1) is 13.0. The average molecular weight is 405 g/mol. The number of fused-ring (bicyclic) bond motifs is 1. The molecule has 0 saturated heterocycles. The van der Waals surface area contributed by atoms with Crippen molar-refractivity contribution in [3.05, 3.63) is 57.8 Å². The van der Waals surface area contributed by atoms with E-state index in [4.69, 9.17) is 21.1 Å². The fraction of sp³-hybridized carbons (Fsp3) is 0.211. The Balaban J connectivity index is 2.30. The molecule has 1 heterocycles. The van der Waals surface area contributed by atoms with Crippen LogP contribution in [0.2, 0.25) is 5.02 Å². The number of hydrogen-bond donors (Lipinski definition) is 0. The lowest BCUT2D eigenvalue weighted by atomic mass is 10.2. The van der Waals surface area contributed by atoms with Crippen LogP contribution in [0.25, 0.3) is 16.6 Å². The van der Waals surface area contributed by atoms with Crippen molar-refractivity contribution in [2.75, 3.05) is 14.2 Å². The summed E-state index contributed by atoms with van der Waals surface area (Å²) in [6.07, 6.45) is 0. The highest BCUT2D eigenvalue weighted by molar-refractivity contribution is 8.00. The van der Waals surface area contributed by atoms with Crippen molar-refractivity contribution in [2.45, 2.75) is 17.3 Å². The van der Waals surface area contributed by atoms with Gasteiger partial charge in [-0.15, -0.1) is 0 Å². The maximum atomic E-state index is 13.2. The molecule has 0 unspecified atom stereocenters. The molecule has 0 saturated carbocycles. The molecule has 27 heavy (non-hydrogen) atoms. The normalized spacial score (nSPS) is 12.0. The van der Waals surface area contributed by atoms with Gasteiger partial charge in [0.05, 0.1) is 30.8 Å². The molecule has 3 aromatic rings. The minimum absolute atomic E-state index is 0.277. The number of para-hydroxylation sites is 2. The van der Waals surface area contributed by atoms with E-state index in [-0.39, 0.29) is 5.56 Å². The Morgan fingerprint density at radius 3 is 2.67 bits per heavy atom. The SMILES string of the molecule is COC(=O)[C@H](C)Sc1nc2cc(Cl)ccc2c(=O)n1-c1ccccc1OC. The van der Waals surface area contributed by atoms with Crippen molar-refractivity contribution in [3.63, 3.8) is 0 Å². The van der Waals surface area contributed by atoms with Crippen molar-refractivity contribution in [1.29, 1.82) is 0 Å². The first-order valence-electron chi connectivity index (χ1n) is 8.06. The Morgan fingerprint density at radius 1 is 1.22 bits per heavy atom. The van der Waals surface area contributed by atoms with Gasteiger partial charge >= 0.3 is 5.97 Å². The van der Waals surface area contributed by atoms with Crippen LogP contribution < -0.4 is 10.3 Å². The summed E-state index contributed by atoms with van der Waals surface area (Å²) in [7, 11) is 2.85. The molecule has 6 nitrogen and oxygen atoms in total. The van der Waals surface area contributed by atoms with Gasteiger partial charge < -0.3 is 9.47 Å². The van der Waals surface area contributed by atoms with Crippen molar-refractivity contribution in [3.8, 4) is 11.4 Å². The van der Waals surface area contributed by atoms with E-state index >= 15 is 0 Å². The molecule has 1 atom stereocenters. The smallest absolute Gasteiger partial charge is 0.318 e. The maximum Gasteiger partial charge on any atom is 0.318 e. The molecular formula is C19H17ClN2O4S. The largest absolute Gasteiger partial charge is 0.495 e. The fourth-order valence-corrected chi connectivity index (χ4v) is 3.73. The number of esters is 1. The minimum Gasteiger partial charge on any atom is -0.495 e. The second-order valence-electron chi connectivity index (χ2n) is 5.65. The molecule has 0 spiro atoms. The van der Waals surface area contributed by atoms with Crippen LogP contribution in [0, 0.1) is 0 Å². The van der Waals surface area contributed by atoms with Crippen LogP contribution in [0.1, 0.15) is 6.92 Å². The Morgan fingerprint density at radius 2 is 1.96 bits per heavy atom. The summed E-state index contributed by atoms with van der Waals surface area (Å²) in [5.74, 6) is 0.106. The summed E-state index contributed by atoms with van der Waals surface area (Å²) in [5.41, 5.74) is 0.716. The Hall–Kier alpha value is -2.51. The van der Waals surface area contributed by atoms with Gasteiger partial charge in [-0.3, -0.25) is 14.2 Å². The number of thioether (sulfide) groups is 1. The van der Waals surface area contributed by atoms with Gasteiger partial charge in [0.2, 0.25) is 0 Å². The van der Waals surface area contributed by atoms with Gasteiger partial charge in [0.25, 0.3) is 5.56 Å². The Kier molecular flexibility index (Phi) is 5.72. The van der Waals surface area contributed by atoms with Crippen LogP contribution in [0.3, 0.4) is 0 Å². The van der Waals surface area contributed by atoms with E-state index in [0.29, 0.717) is 32.5 Å². The molecule has 140 valence electrons. The van der Waals surface area contributed by atoms with E-state index in [2.05, 4.69) is 4.98 Å². The molecule has 8 heteroatoms. The summed E-state index contributed by atoms with van der Waals surface area (Å²) >= 11 is 7.19. The van der Waals surface area contributed by atoms with Gasteiger partial charge in [0.15, 0.2) is 5.16 Å². The van der Waals surface area contributed by atoms with Gasteiger partial charge in [-0.05, 0) is 37.3 Å². The minimum atomic E-state index is -0.556. The molecule has 0 amide bonds. The monoisotopic (exact) mass is 404 g/mol. The second-order valence-corrected chi connectivity index (χ2v) is 7.40. The number of carbonyl (C=O) groups is 1. The third-order valence-electron chi connectivity index (χ3n) is 3.94. The molecule has 0 aliphatic heterocycles. The Labute approximate surface area is 165 Å². The first kappa shape index (κ1) is 19.3. The number of methoxy groups -OCH3 is 2. The van der Waals surface area contributed by atoms with Crippen molar-refractivity contribution in [1.82, 2.24) is 9.55 Å². The van der Waals surface area contributed by atoms with Gasteiger partial charge in [0, 0.05) is 5.02 Å². The molecule has 0 fully saturated rings. The van der Waals surface area contributed by atoms with Gasteiger partial charge in [-0.1, -0.05) is 35.5 Å². The van der Waals surface area contributed by atoms with E-state index in [1.54, 1.807) is 43.3 Å². The standard InChI is InChI=1S/C19H17ClN2O4S/c1-11(18(24)26-3)27-19-21-14-10-12(20)8-9-13(14)17(23)22(19)15-6-4-5-7-16(15)25-2/h4-11H,1-3H3/t11-/m0/s1. The van der Waals surface area contributed by atoms with Crippen LogP contribution in [0.5, 0.6) is 5.75 Å². The second kappa shape index (κ2) is 8.02. The van der Waals surface area contributed by atoms with E-state index in [0.717, 1.165) is 11.8 Å². The summed E-state index contributed by atoms with van der Waals surface area (Å²) in [4.78, 5) is 29.7. The highest BCUT2D eigenvalue weighted by atomic mass is 35.5. The van der Waals surface area contributed by atoms with Crippen LogP contribution in [-0.2, 0) is 9.53 Å². The number of nitrogens with zero attached hydrogens (tertiary/aromatic N) is 2. The number of benzene rings is 2. The summed E-state index contributed by atoms with van der Waals surface area (Å²) < 4.78 is 11.6. The molecule has 1 aromatic heterocycles. The number of rotatable bonds is 5. The number of ether oxygens (including phenoxy) is 2. The molecule has 0 bridgehead atoms. The highest BCUT2D eigenvalue weighted by Gasteiger charge is 2.22. The lowest BCUT2D eigenvalue weighted by molar-refractivity contribution is -0.139. The maximum absolute atomic E-state index is 13.2. The lowest BCUT2D eigenvalue weighted by Gasteiger charge is -2.17. The molecule has 0 radical (unpaired) electrons. The first-order valence-corrected chi connectivity index (χ1v) is 9.32. The average Bonchev–Trinajstić information content (AvgIpc) is 2.67. The topological polar surface area (TPSA) is 70.4 Å².